The number of hydrogen-bond acceptors (Lipinski definition) is 5. The van der Waals surface area contributed by atoms with Crippen molar-refractivity contribution in [2.24, 2.45) is 0 Å². The van der Waals surface area contributed by atoms with Crippen LogP contribution < -0.4 is 10.3 Å². The number of aromatic carboxylic acids is 1. The van der Waals surface area contributed by atoms with Crippen LogP contribution in [0.3, 0.4) is 0 Å². The third-order valence-corrected chi connectivity index (χ3v) is 4.77. The number of aromatic nitrogens is 3. The molecule has 0 radical (unpaired) electrons. The molecule has 3 rings (SSSR count). The summed E-state index contributed by atoms with van der Waals surface area (Å²) in [6, 6.07) is 6.22. The van der Waals surface area contributed by atoms with Gasteiger partial charge in [0.15, 0.2) is 0 Å². The molecule has 1 aromatic carbocycles. The van der Waals surface area contributed by atoms with E-state index >= 15 is 0 Å². The third kappa shape index (κ3) is 4.65. The highest BCUT2D eigenvalue weighted by atomic mass is 79.9. The molecule has 0 bridgehead atoms. The van der Waals surface area contributed by atoms with Crippen LogP contribution in [0.25, 0.3) is 0 Å². The molecule has 3 aromatic rings. The fraction of sp³-hybridized carbons (Fsp3) is 0.158. The standard InChI is InChI=1S/C19H14BrF2N3O4/c1-10-6-15(29-9-11-2-3-12(21)7-14(11)22)16(20)18(26)25(10)8-13-4-5-23-17(24-13)19(27)28/h2-7H,8-9H2,1H3,(H,27,28). The van der Waals surface area contributed by atoms with E-state index in [1.54, 1.807) is 13.0 Å². The lowest BCUT2D eigenvalue weighted by atomic mass is 10.2. The summed E-state index contributed by atoms with van der Waals surface area (Å²) in [7, 11) is 0. The van der Waals surface area contributed by atoms with Gasteiger partial charge in [-0.25, -0.2) is 23.5 Å². The van der Waals surface area contributed by atoms with Crippen molar-refractivity contribution in [3.8, 4) is 5.75 Å². The molecule has 0 spiro atoms. The van der Waals surface area contributed by atoms with Gasteiger partial charge < -0.3 is 14.4 Å². The summed E-state index contributed by atoms with van der Waals surface area (Å²) in [4.78, 5) is 31.3. The van der Waals surface area contributed by atoms with Crippen LogP contribution >= 0.6 is 15.9 Å². The highest BCUT2D eigenvalue weighted by Gasteiger charge is 2.15. The van der Waals surface area contributed by atoms with E-state index in [0.717, 1.165) is 12.1 Å². The van der Waals surface area contributed by atoms with E-state index in [2.05, 4.69) is 25.9 Å². The van der Waals surface area contributed by atoms with Crippen molar-refractivity contribution < 1.29 is 23.4 Å². The van der Waals surface area contributed by atoms with Gasteiger partial charge in [0.05, 0.1) is 12.2 Å². The van der Waals surface area contributed by atoms with Gasteiger partial charge in [-0.05, 0) is 41.1 Å². The predicted octanol–water partition coefficient (Wildman–Crippen LogP) is 3.31. The first-order valence-corrected chi connectivity index (χ1v) is 9.07. The molecule has 0 atom stereocenters. The Morgan fingerprint density at radius 2 is 2.03 bits per heavy atom. The van der Waals surface area contributed by atoms with Crippen molar-refractivity contribution in [1.82, 2.24) is 14.5 Å². The van der Waals surface area contributed by atoms with E-state index in [1.165, 1.54) is 22.9 Å². The number of nitrogens with zero attached hydrogens (tertiary/aromatic N) is 3. The zero-order chi connectivity index (χ0) is 21.1. The van der Waals surface area contributed by atoms with Crippen molar-refractivity contribution >= 4 is 21.9 Å². The van der Waals surface area contributed by atoms with Gasteiger partial charge in [0.25, 0.3) is 5.56 Å². The van der Waals surface area contributed by atoms with Crippen LogP contribution in [0.15, 0.2) is 45.8 Å². The Bertz CT molecular complexity index is 1150. The summed E-state index contributed by atoms with van der Waals surface area (Å²) in [5, 5.41) is 8.99. The lowest BCUT2D eigenvalue weighted by Gasteiger charge is -2.14. The summed E-state index contributed by atoms with van der Waals surface area (Å²) in [6.07, 6.45) is 1.30. The fourth-order valence-corrected chi connectivity index (χ4v) is 3.00. The molecule has 0 aliphatic heterocycles. The van der Waals surface area contributed by atoms with Gasteiger partial charge in [-0.1, -0.05) is 0 Å². The summed E-state index contributed by atoms with van der Waals surface area (Å²) in [5.41, 5.74) is 0.567. The minimum atomic E-state index is -1.27. The number of benzene rings is 1. The van der Waals surface area contributed by atoms with Crippen molar-refractivity contribution in [1.29, 1.82) is 0 Å². The molecule has 7 nitrogen and oxygen atoms in total. The van der Waals surface area contributed by atoms with Gasteiger partial charge in [-0.2, -0.15) is 0 Å². The first kappa shape index (κ1) is 20.6. The maximum atomic E-state index is 13.8. The molecule has 2 aromatic heterocycles. The molecule has 0 unspecified atom stereocenters. The Balaban J connectivity index is 1.85. The van der Waals surface area contributed by atoms with Gasteiger partial charge in [0.1, 0.15) is 28.5 Å². The number of carbonyl (C=O) groups is 1. The van der Waals surface area contributed by atoms with Crippen LogP contribution in [0.1, 0.15) is 27.6 Å². The van der Waals surface area contributed by atoms with Crippen molar-refractivity contribution in [3.05, 3.63) is 85.8 Å². The Labute approximate surface area is 171 Å². The molecule has 2 heterocycles. The molecule has 0 fully saturated rings. The Morgan fingerprint density at radius 1 is 1.28 bits per heavy atom. The molecule has 0 saturated carbocycles. The number of pyridine rings is 1. The van der Waals surface area contributed by atoms with Crippen molar-refractivity contribution in [3.63, 3.8) is 0 Å². The molecule has 0 aliphatic carbocycles. The third-order valence-electron chi connectivity index (χ3n) is 4.04. The quantitative estimate of drug-likeness (QED) is 0.599. The zero-order valence-electron chi connectivity index (χ0n) is 15.0. The highest BCUT2D eigenvalue weighted by Crippen LogP contribution is 2.24. The van der Waals surface area contributed by atoms with Gasteiger partial charge >= 0.3 is 5.97 Å². The molecule has 150 valence electrons. The number of aryl methyl sites for hydroxylation is 1. The van der Waals surface area contributed by atoms with E-state index in [9.17, 15) is 18.4 Å². The van der Waals surface area contributed by atoms with E-state index < -0.39 is 23.2 Å². The summed E-state index contributed by atoms with van der Waals surface area (Å²) >= 11 is 3.18. The number of halogens is 3. The highest BCUT2D eigenvalue weighted by molar-refractivity contribution is 9.10. The molecule has 29 heavy (non-hydrogen) atoms. The van der Waals surface area contributed by atoms with Crippen LogP contribution in [-0.4, -0.2) is 25.6 Å². The first-order chi connectivity index (χ1) is 13.8. The topological polar surface area (TPSA) is 94.3 Å². The number of rotatable bonds is 6. The second-order valence-electron chi connectivity index (χ2n) is 6.06. The van der Waals surface area contributed by atoms with Crippen LogP contribution in [0.4, 0.5) is 8.78 Å². The minimum absolute atomic E-state index is 0.0267. The Kier molecular flexibility index (Phi) is 6.02. The van der Waals surface area contributed by atoms with Gasteiger partial charge in [-0.3, -0.25) is 4.79 Å². The Hall–Kier alpha value is -3.14. The van der Waals surface area contributed by atoms with E-state index in [1.807, 2.05) is 0 Å². The average molecular weight is 466 g/mol. The molecule has 0 aliphatic rings. The number of hydrogen-bond donors (Lipinski definition) is 1. The van der Waals surface area contributed by atoms with Crippen LogP contribution in [0.5, 0.6) is 5.75 Å². The maximum absolute atomic E-state index is 13.8. The van der Waals surface area contributed by atoms with Gasteiger partial charge in [0.2, 0.25) is 5.82 Å². The monoisotopic (exact) mass is 465 g/mol. The second-order valence-corrected chi connectivity index (χ2v) is 6.85. The molecule has 1 N–H and O–H groups in total. The summed E-state index contributed by atoms with van der Waals surface area (Å²) < 4.78 is 33.8. The molecule has 0 amide bonds. The molecule has 10 heteroatoms. The molecular formula is C19H14BrF2N3O4. The predicted molar refractivity (Wildman–Crippen MR) is 102 cm³/mol. The van der Waals surface area contributed by atoms with Gasteiger partial charge in [0, 0.05) is 29.6 Å². The smallest absolute Gasteiger partial charge is 0.373 e. The normalized spacial score (nSPS) is 10.8. The molecular weight excluding hydrogens is 452 g/mol. The lowest BCUT2D eigenvalue weighted by molar-refractivity contribution is 0.0683. The Morgan fingerprint density at radius 3 is 2.72 bits per heavy atom. The van der Waals surface area contributed by atoms with Crippen molar-refractivity contribution in [2.45, 2.75) is 20.1 Å². The maximum Gasteiger partial charge on any atom is 0.373 e. The summed E-state index contributed by atoms with van der Waals surface area (Å²) in [6.45, 7) is 1.50. The second kappa shape index (κ2) is 8.48. The van der Waals surface area contributed by atoms with Gasteiger partial charge in [-0.15, -0.1) is 0 Å². The zero-order valence-corrected chi connectivity index (χ0v) is 16.6. The van der Waals surface area contributed by atoms with Crippen molar-refractivity contribution in [2.75, 3.05) is 0 Å². The first-order valence-electron chi connectivity index (χ1n) is 8.28. The van der Waals surface area contributed by atoms with E-state index in [0.29, 0.717) is 11.4 Å². The lowest BCUT2D eigenvalue weighted by Crippen LogP contribution is -2.25. The number of carboxylic acids is 1. The van der Waals surface area contributed by atoms with E-state index in [4.69, 9.17) is 9.84 Å². The minimum Gasteiger partial charge on any atom is -0.487 e. The fourth-order valence-electron chi connectivity index (χ4n) is 2.56. The van der Waals surface area contributed by atoms with Crippen LogP contribution in [0, 0.1) is 18.6 Å². The van der Waals surface area contributed by atoms with E-state index in [-0.39, 0.29) is 34.8 Å². The number of carboxylic acid groups (broad SMARTS) is 1. The van der Waals surface area contributed by atoms with Crippen LogP contribution in [-0.2, 0) is 13.2 Å². The number of ether oxygens (including phenoxy) is 1. The molecule has 0 saturated heterocycles. The average Bonchev–Trinajstić information content (AvgIpc) is 2.68. The van der Waals surface area contributed by atoms with Crippen LogP contribution in [0.2, 0.25) is 0 Å². The summed E-state index contributed by atoms with van der Waals surface area (Å²) in [5.74, 6) is -2.88. The largest absolute Gasteiger partial charge is 0.487 e. The SMILES string of the molecule is Cc1cc(OCc2ccc(F)cc2F)c(Br)c(=O)n1Cc1ccnc(C(=O)O)n1.